The molecule has 0 radical (unpaired) electrons. The summed E-state index contributed by atoms with van der Waals surface area (Å²) in [7, 11) is 0. The van der Waals surface area contributed by atoms with Crippen molar-refractivity contribution in [2.24, 2.45) is 0 Å². The van der Waals surface area contributed by atoms with Crippen molar-refractivity contribution < 1.29 is 14.2 Å². The molecule has 1 aromatic carbocycles. The molecule has 1 aromatic rings. The molecule has 2 rings (SSSR count). The van der Waals surface area contributed by atoms with E-state index in [9.17, 15) is 9.50 Å². The molecule has 16 heavy (non-hydrogen) atoms. The average Bonchev–Trinajstić information content (AvgIpc) is 2.29. The summed E-state index contributed by atoms with van der Waals surface area (Å²) in [5, 5.41) is 10.3. The molecule has 1 aliphatic rings. The molecular formula is C12H14ClFO2. The number of benzene rings is 1. The van der Waals surface area contributed by atoms with E-state index in [1.807, 2.05) is 0 Å². The molecule has 88 valence electrons. The Bertz CT molecular complexity index is 364. The van der Waals surface area contributed by atoms with E-state index in [4.69, 9.17) is 16.3 Å². The third-order valence-corrected chi connectivity index (χ3v) is 3.08. The summed E-state index contributed by atoms with van der Waals surface area (Å²) in [6.45, 7) is 0.636. The average molecular weight is 245 g/mol. The first-order valence-electron chi connectivity index (χ1n) is 5.43. The Morgan fingerprint density at radius 1 is 1.44 bits per heavy atom. The van der Waals surface area contributed by atoms with Crippen molar-refractivity contribution >= 4 is 11.6 Å². The standard InChI is InChI=1S/C12H14ClFO2/c13-8-4-5-9(10(14)7-8)12(15)11-3-1-2-6-16-11/h4-5,7,11-12,15H,1-3,6H2. The van der Waals surface area contributed by atoms with Crippen LogP contribution in [0.5, 0.6) is 0 Å². The molecule has 0 aliphatic carbocycles. The molecule has 4 heteroatoms. The lowest BCUT2D eigenvalue weighted by atomic mass is 9.98. The Morgan fingerprint density at radius 3 is 2.88 bits per heavy atom. The van der Waals surface area contributed by atoms with Gasteiger partial charge in [0.15, 0.2) is 0 Å². The molecule has 1 N–H and O–H groups in total. The van der Waals surface area contributed by atoms with Crippen molar-refractivity contribution in [3.63, 3.8) is 0 Å². The van der Waals surface area contributed by atoms with E-state index in [0.29, 0.717) is 11.6 Å². The second-order valence-electron chi connectivity index (χ2n) is 4.02. The Morgan fingerprint density at radius 2 is 2.25 bits per heavy atom. The van der Waals surface area contributed by atoms with Crippen LogP contribution in [0.3, 0.4) is 0 Å². The van der Waals surface area contributed by atoms with Crippen LogP contribution in [0.2, 0.25) is 5.02 Å². The van der Waals surface area contributed by atoms with Crippen molar-refractivity contribution in [1.29, 1.82) is 0 Å². The van der Waals surface area contributed by atoms with Crippen LogP contribution in [0.15, 0.2) is 18.2 Å². The molecule has 2 unspecified atom stereocenters. The summed E-state index contributed by atoms with van der Waals surface area (Å²) >= 11 is 5.65. The molecule has 0 aromatic heterocycles. The SMILES string of the molecule is OC(c1ccc(Cl)cc1F)C1CCCCO1. The minimum absolute atomic E-state index is 0.260. The Balaban J connectivity index is 2.15. The first kappa shape index (κ1) is 11.8. The van der Waals surface area contributed by atoms with Crippen LogP contribution in [0, 0.1) is 5.82 Å². The molecular weight excluding hydrogens is 231 g/mol. The summed E-state index contributed by atoms with van der Waals surface area (Å²) < 4.78 is 19.0. The Hall–Kier alpha value is -0.640. The van der Waals surface area contributed by atoms with E-state index in [1.165, 1.54) is 12.1 Å². The van der Waals surface area contributed by atoms with Crippen LogP contribution in [0.4, 0.5) is 4.39 Å². The van der Waals surface area contributed by atoms with Gasteiger partial charge in [0.05, 0.1) is 6.10 Å². The molecule has 0 amide bonds. The highest BCUT2D eigenvalue weighted by atomic mass is 35.5. The summed E-state index contributed by atoms with van der Waals surface area (Å²) in [6, 6.07) is 4.30. The zero-order valence-electron chi connectivity index (χ0n) is 8.83. The highest BCUT2D eigenvalue weighted by Gasteiger charge is 2.26. The van der Waals surface area contributed by atoms with Gasteiger partial charge < -0.3 is 9.84 Å². The quantitative estimate of drug-likeness (QED) is 0.866. The highest BCUT2D eigenvalue weighted by Crippen LogP contribution is 2.28. The molecule has 0 bridgehead atoms. The monoisotopic (exact) mass is 244 g/mol. The summed E-state index contributed by atoms with van der Waals surface area (Å²) in [6.07, 6.45) is 1.58. The predicted molar refractivity (Wildman–Crippen MR) is 60.0 cm³/mol. The summed E-state index contributed by atoms with van der Waals surface area (Å²) in [4.78, 5) is 0. The molecule has 0 saturated carbocycles. The first-order valence-corrected chi connectivity index (χ1v) is 5.81. The lowest BCUT2D eigenvalue weighted by molar-refractivity contribution is -0.0644. The van der Waals surface area contributed by atoms with Crippen LogP contribution < -0.4 is 0 Å². The molecule has 2 atom stereocenters. The van der Waals surface area contributed by atoms with E-state index < -0.39 is 11.9 Å². The minimum Gasteiger partial charge on any atom is -0.386 e. The number of halogens is 2. The highest BCUT2D eigenvalue weighted by molar-refractivity contribution is 6.30. The van der Waals surface area contributed by atoms with Crippen LogP contribution in [-0.2, 0) is 4.74 Å². The van der Waals surface area contributed by atoms with Gasteiger partial charge in [0.2, 0.25) is 0 Å². The lowest BCUT2D eigenvalue weighted by Gasteiger charge is -2.27. The van der Waals surface area contributed by atoms with E-state index in [0.717, 1.165) is 19.3 Å². The van der Waals surface area contributed by atoms with E-state index in [2.05, 4.69) is 0 Å². The van der Waals surface area contributed by atoms with Crippen molar-refractivity contribution in [3.8, 4) is 0 Å². The maximum absolute atomic E-state index is 13.6. The van der Waals surface area contributed by atoms with Gasteiger partial charge in [-0.15, -0.1) is 0 Å². The van der Waals surface area contributed by atoms with Gasteiger partial charge in [0.1, 0.15) is 11.9 Å². The number of rotatable bonds is 2. The molecule has 1 fully saturated rings. The second-order valence-corrected chi connectivity index (χ2v) is 4.45. The van der Waals surface area contributed by atoms with Gasteiger partial charge in [0, 0.05) is 17.2 Å². The summed E-state index contributed by atoms with van der Waals surface area (Å²) in [5.74, 6) is -0.478. The van der Waals surface area contributed by atoms with E-state index in [1.54, 1.807) is 6.07 Å². The maximum atomic E-state index is 13.6. The minimum atomic E-state index is -0.905. The molecule has 0 spiro atoms. The van der Waals surface area contributed by atoms with Crippen LogP contribution in [-0.4, -0.2) is 17.8 Å². The zero-order chi connectivity index (χ0) is 11.5. The third-order valence-electron chi connectivity index (χ3n) is 2.85. The predicted octanol–water partition coefficient (Wildman–Crippen LogP) is 3.08. The maximum Gasteiger partial charge on any atom is 0.130 e. The van der Waals surface area contributed by atoms with E-state index in [-0.39, 0.29) is 11.7 Å². The van der Waals surface area contributed by atoms with Gasteiger partial charge in [0.25, 0.3) is 0 Å². The van der Waals surface area contributed by atoms with Crippen molar-refractivity contribution in [2.75, 3.05) is 6.61 Å². The number of aliphatic hydroxyl groups is 1. The molecule has 1 aliphatic heterocycles. The van der Waals surface area contributed by atoms with Gasteiger partial charge >= 0.3 is 0 Å². The van der Waals surface area contributed by atoms with Crippen molar-refractivity contribution in [3.05, 3.63) is 34.6 Å². The normalized spacial score (nSPS) is 23.1. The molecule has 1 heterocycles. The number of hydrogen-bond donors (Lipinski definition) is 1. The number of ether oxygens (including phenoxy) is 1. The molecule has 2 nitrogen and oxygen atoms in total. The van der Waals surface area contributed by atoms with Crippen LogP contribution in [0.25, 0.3) is 0 Å². The van der Waals surface area contributed by atoms with Crippen molar-refractivity contribution in [2.45, 2.75) is 31.5 Å². The van der Waals surface area contributed by atoms with Gasteiger partial charge in [-0.05, 0) is 31.4 Å². The Kier molecular flexibility index (Phi) is 3.79. The second kappa shape index (κ2) is 5.13. The molecule has 1 saturated heterocycles. The van der Waals surface area contributed by atoms with Gasteiger partial charge in [-0.2, -0.15) is 0 Å². The third kappa shape index (κ3) is 2.54. The fourth-order valence-electron chi connectivity index (χ4n) is 1.96. The topological polar surface area (TPSA) is 29.5 Å². The van der Waals surface area contributed by atoms with Gasteiger partial charge in [-0.1, -0.05) is 17.7 Å². The largest absolute Gasteiger partial charge is 0.386 e. The fraction of sp³-hybridized carbons (Fsp3) is 0.500. The van der Waals surface area contributed by atoms with Crippen LogP contribution >= 0.6 is 11.6 Å². The van der Waals surface area contributed by atoms with E-state index >= 15 is 0 Å². The zero-order valence-corrected chi connectivity index (χ0v) is 9.58. The van der Waals surface area contributed by atoms with Gasteiger partial charge in [-0.3, -0.25) is 0 Å². The smallest absolute Gasteiger partial charge is 0.130 e. The van der Waals surface area contributed by atoms with Crippen LogP contribution in [0.1, 0.15) is 30.9 Å². The first-order chi connectivity index (χ1) is 7.68. The number of aliphatic hydroxyl groups excluding tert-OH is 1. The Labute approximate surface area is 99.0 Å². The summed E-state index contributed by atoms with van der Waals surface area (Å²) in [5.41, 5.74) is 0.260. The van der Waals surface area contributed by atoms with Gasteiger partial charge in [-0.25, -0.2) is 4.39 Å². The fourth-order valence-corrected chi connectivity index (χ4v) is 2.12. The number of hydrogen-bond acceptors (Lipinski definition) is 2. The van der Waals surface area contributed by atoms with Crippen molar-refractivity contribution in [1.82, 2.24) is 0 Å². The lowest BCUT2D eigenvalue weighted by Crippen LogP contribution is -2.26.